The molecule has 0 unspecified atom stereocenters. The summed E-state index contributed by atoms with van der Waals surface area (Å²) >= 11 is 1.03. The number of benzene rings is 1. The van der Waals surface area contributed by atoms with E-state index in [-0.39, 0.29) is 37.0 Å². The van der Waals surface area contributed by atoms with Gasteiger partial charge in [0.25, 0.3) is 5.56 Å². The predicted octanol–water partition coefficient (Wildman–Crippen LogP) is 1.60. The Morgan fingerprint density at radius 1 is 1.08 bits per heavy atom. The third-order valence-electron chi connectivity index (χ3n) is 5.94. The Hall–Kier alpha value is -4.35. The van der Waals surface area contributed by atoms with Gasteiger partial charge in [-0.05, 0) is 48.4 Å². The van der Waals surface area contributed by atoms with Crippen LogP contribution in [-0.2, 0) is 19.4 Å². The van der Waals surface area contributed by atoms with Crippen LogP contribution < -0.4 is 20.5 Å². The van der Waals surface area contributed by atoms with E-state index in [1.54, 1.807) is 67.9 Å². The zero-order chi connectivity index (χ0) is 26.9. The number of fused-ring (bicyclic) bond motifs is 1. The predicted molar refractivity (Wildman–Crippen MR) is 144 cm³/mol. The summed E-state index contributed by atoms with van der Waals surface area (Å²) in [5.74, 6) is -2.19. The van der Waals surface area contributed by atoms with Gasteiger partial charge in [-0.3, -0.25) is 19.3 Å². The molecule has 9 nitrogen and oxygen atoms in total. The lowest BCUT2D eigenvalue weighted by Gasteiger charge is -2.27. The molecule has 4 aromatic rings. The van der Waals surface area contributed by atoms with Crippen molar-refractivity contribution in [1.82, 2.24) is 14.5 Å². The SMILES string of the molecule is CCOC(=O)C1=c2s/c(=C/c3cccnc3)c(=O)n2C(N)=C(S(=O)(=O)c2ccccc2)[C@@H]1c1cccnc1. The van der Waals surface area contributed by atoms with Gasteiger partial charge < -0.3 is 10.5 Å². The summed E-state index contributed by atoms with van der Waals surface area (Å²) in [6.07, 6.45) is 7.82. The monoisotopic (exact) mass is 546 g/mol. The lowest BCUT2D eigenvalue weighted by molar-refractivity contribution is -0.136. The Balaban J connectivity index is 1.93. The van der Waals surface area contributed by atoms with E-state index in [0.717, 1.165) is 15.9 Å². The maximum atomic E-state index is 14.1. The number of sulfone groups is 1. The number of aromatic nitrogens is 3. The topological polar surface area (TPSA) is 134 Å². The van der Waals surface area contributed by atoms with E-state index in [0.29, 0.717) is 11.1 Å². The molecule has 2 N–H and O–H groups in total. The first-order valence-corrected chi connectivity index (χ1v) is 13.9. The lowest BCUT2D eigenvalue weighted by atomic mass is 9.90. The summed E-state index contributed by atoms with van der Waals surface area (Å²) in [7, 11) is -4.28. The fourth-order valence-corrected chi connectivity index (χ4v) is 7.17. The molecular formula is C27H22N4O5S2. The van der Waals surface area contributed by atoms with Crippen molar-refractivity contribution in [3.63, 3.8) is 0 Å². The molecule has 4 heterocycles. The van der Waals surface area contributed by atoms with E-state index in [1.807, 2.05) is 0 Å². The Kier molecular flexibility index (Phi) is 6.79. The van der Waals surface area contributed by atoms with Crippen LogP contribution in [0, 0.1) is 0 Å². The van der Waals surface area contributed by atoms with Crippen LogP contribution in [0.25, 0.3) is 17.5 Å². The van der Waals surface area contributed by atoms with Crippen LogP contribution in [0.4, 0.5) is 0 Å². The van der Waals surface area contributed by atoms with Gasteiger partial charge in [0.1, 0.15) is 15.4 Å². The molecule has 0 aliphatic carbocycles. The molecule has 3 aromatic heterocycles. The first-order chi connectivity index (χ1) is 18.3. The molecule has 1 aromatic carbocycles. The molecule has 0 amide bonds. The molecule has 1 atom stereocenters. The van der Waals surface area contributed by atoms with Crippen molar-refractivity contribution in [3.8, 4) is 0 Å². The highest BCUT2D eigenvalue weighted by Gasteiger charge is 2.42. The third-order valence-corrected chi connectivity index (χ3v) is 8.96. The second-order valence-corrected chi connectivity index (χ2v) is 11.2. The van der Waals surface area contributed by atoms with Crippen LogP contribution in [0.2, 0.25) is 0 Å². The smallest absolute Gasteiger partial charge is 0.338 e. The Morgan fingerprint density at radius 2 is 1.79 bits per heavy atom. The van der Waals surface area contributed by atoms with Crippen molar-refractivity contribution in [1.29, 1.82) is 0 Å². The molecule has 0 bridgehead atoms. The molecule has 11 heteroatoms. The molecule has 1 aliphatic rings. The second-order valence-electron chi connectivity index (χ2n) is 8.26. The van der Waals surface area contributed by atoms with Crippen molar-refractivity contribution in [2.24, 2.45) is 5.73 Å². The van der Waals surface area contributed by atoms with Gasteiger partial charge in [0.2, 0.25) is 9.84 Å². The van der Waals surface area contributed by atoms with Gasteiger partial charge in [-0.15, -0.1) is 11.3 Å². The normalized spacial score (nSPS) is 15.9. The molecular weight excluding hydrogens is 524 g/mol. The standard InChI is InChI=1S/C27H22N4O5S2/c1-2-36-27(33)22-21(18-9-7-13-30-16-18)23(38(34,35)19-10-4-3-5-11-19)24(28)31-25(32)20(37-26(22)31)14-17-8-6-12-29-15-17/h3-16,21H,2,28H2,1H3/b20-14+/t21-/m1/s1. The number of hydrogen-bond acceptors (Lipinski definition) is 9. The van der Waals surface area contributed by atoms with Crippen molar-refractivity contribution < 1.29 is 17.9 Å². The van der Waals surface area contributed by atoms with Crippen LogP contribution in [0.3, 0.4) is 0 Å². The number of esters is 1. The molecule has 192 valence electrons. The summed E-state index contributed by atoms with van der Waals surface area (Å²) in [6.45, 7) is 1.70. The van der Waals surface area contributed by atoms with Crippen LogP contribution in [0.1, 0.15) is 24.0 Å². The summed E-state index contributed by atoms with van der Waals surface area (Å²) in [5.41, 5.74) is 7.06. The van der Waals surface area contributed by atoms with Crippen LogP contribution in [0.15, 0.2) is 94.0 Å². The number of carbonyl (C=O) groups excluding carboxylic acids is 1. The molecule has 0 spiro atoms. The van der Waals surface area contributed by atoms with Gasteiger partial charge in [-0.25, -0.2) is 13.2 Å². The highest BCUT2D eigenvalue weighted by Crippen LogP contribution is 2.41. The fraction of sp³-hybridized carbons (Fsp3) is 0.111. The lowest BCUT2D eigenvalue weighted by Crippen LogP contribution is -2.41. The number of carbonyl (C=O) groups is 1. The highest BCUT2D eigenvalue weighted by atomic mass is 32.2. The minimum absolute atomic E-state index is 0.00325. The van der Waals surface area contributed by atoms with Gasteiger partial charge in [-0.2, -0.15) is 0 Å². The van der Waals surface area contributed by atoms with Crippen molar-refractivity contribution in [2.75, 3.05) is 6.61 Å². The maximum absolute atomic E-state index is 14.1. The van der Waals surface area contributed by atoms with E-state index < -0.39 is 27.3 Å². The third kappa shape index (κ3) is 4.35. The summed E-state index contributed by atoms with van der Waals surface area (Å²) in [5, 5.41) is 0. The first-order valence-electron chi connectivity index (χ1n) is 11.6. The van der Waals surface area contributed by atoms with Crippen LogP contribution in [-0.4, -0.2) is 35.5 Å². The summed E-state index contributed by atoms with van der Waals surface area (Å²) < 4.78 is 35.1. The molecule has 0 saturated carbocycles. The number of nitrogens with two attached hydrogens (primary N) is 1. The molecule has 5 rings (SSSR count). The average Bonchev–Trinajstić information content (AvgIpc) is 3.25. The minimum Gasteiger partial charge on any atom is -0.463 e. The highest BCUT2D eigenvalue weighted by molar-refractivity contribution is 7.95. The molecule has 0 radical (unpaired) electrons. The van der Waals surface area contributed by atoms with E-state index >= 15 is 0 Å². The van der Waals surface area contributed by atoms with Gasteiger partial charge in [0.05, 0.1) is 27.5 Å². The van der Waals surface area contributed by atoms with Gasteiger partial charge >= 0.3 is 5.97 Å². The Labute approximate surface area is 221 Å². The van der Waals surface area contributed by atoms with Crippen molar-refractivity contribution >= 4 is 44.6 Å². The van der Waals surface area contributed by atoms with E-state index in [9.17, 15) is 18.0 Å². The molecule has 38 heavy (non-hydrogen) atoms. The van der Waals surface area contributed by atoms with Gasteiger partial charge in [0.15, 0.2) is 0 Å². The van der Waals surface area contributed by atoms with Gasteiger partial charge in [-0.1, -0.05) is 30.3 Å². The van der Waals surface area contributed by atoms with Crippen LogP contribution >= 0.6 is 11.3 Å². The average molecular weight is 547 g/mol. The molecule has 1 aliphatic heterocycles. The number of nitrogens with zero attached hydrogens (tertiary/aromatic N) is 3. The van der Waals surface area contributed by atoms with Crippen molar-refractivity contribution in [3.05, 3.63) is 115 Å². The van der Waals surface area contributed by atoms with Crippen molar-refractivity contribution in [2.45, 2.75) is 17.7 Å². The number of rotatable bonds is 6. The largest absolute Gasteiger partial charge is 0.463 e. The Morgan fingerprint density at radius 3 is 2.42 bits per heavy atom. The van der Waals surface area contributed by atoms with Crippen LogP contribution in [0.5, 0.6) is 0 Å². The maximum Gasteiger partial charge on any atom is 0.338 e. The first kappa shape index (κ1) is 25.3. The molecule has 0 saturated heterocycles. The Bertz CT molecular complexity index is 1830. The fourth-order valence-electron chi connectivity index (χ4n) is 4.30. The summed E-state index contributed by atoms with van der Waals surface area (Å²) in [4.78, 5) is 35.0. The number of pyridine rings is 2. The van der Waals surface area contributed by atoms with E-state index in [2.05, 4.69) is 9.97 Å². The summed E-state index contributed by atoms with van der Waals surface area (Å²) in [6, 6.07) is 14.5. The second kappa shape index (κ2) is 10.2. The minimum atomic E-state index is -4.28. The van der Waals surface area contributed by atoms with E-state index in [1.165, 1.54) is 24.5 Å². The molecule has 0 fully saturated rings. The van der Waals surface area contributed by atoms with Gasteiger partial charge in [0, 0.05) is 24.8 Å². The zero-order valence-electron chi connectivity index (χ0n) is 20.1. The zero-order valence-corrected chi connectivity index (χ0v) is 21.8. The quantitative estimate of drug-likeness (QED) is 0.361. The number of thiazole rings is 1. The number of hydrogen-bond donors (Lipinski definition) is 1. The van der Waals surface area contributed by atoms with E-state index in [4.69, 9.17) is 10.5 Å². The number of ether oxygens (including phenoxy) is 1. The number of allylic oxidation sites excluding steroid dienone is 1.